The van der Waals surface area contributed by atoms with Crippen molar-refractivity contribution in [3.63, 3.8) is 0 Å². The maximum atomic E-state index is 13.5. The highest BCUT2D eigenvalue weighted by molar-refractivity contribution is 8.04. The summed E-state index contributed by atoms with van der Waals surface area (Å²) in [7, 11) is 1.53. The Labute approximate surface area is 164 Å². The molecule has 27 heavy (non-hydrogen) atoms. The summed E-state index contributed by atoms with van der Waals surface area (Å²) in [5.41, 5.74) is 0.953. The van der Waals surface area contributed by atoms with E-state index >= 15 is 0 Å². The van der Waals surface area contributed by atoms with Crippen molar-refractivity contribution in [1.82, 2.24) is 0 Å². The molecular formula is C19H15ClFNO4S. The minimum atomic E-state index is -0.641. The first-order valence-corrected chi connectivity index (χ1v) is 9.30. The molecule has 2 aromatic rings. The van der Waals surface area contributed by atoms with Crippen LogP contribution in [-0.4, -0.2) is 36.4 Å². The van der Waals surface area contributed by atoms with Gasteiger partial charge >= 0.3 is 0 Å². The lowest BCUT2D eigenvalue weighted by Crippen LogP contribution is -2.31. The first kappa shape index (κ1) is 19.4. The highest BCUT2D eigenvalue weighted by Crippen LogP contribution is 2.39. The average Bonchev–Trinajstić information content (AvgIpc) is 2.92. The Morgan fingerprint density at radius 2 is 1.85 bits per heavy atom. The zero-order chi connectivity index (χ0) is 19.6. The van der Waals surface area contributed by atoms with Gasteiger partial charge in [-0.3, -0.25) is 9.59 Å². The molecule has 0 fully saturated rings. The van der Waals surface area contributed by atoms with Gasteiger partial charge in [0.15, 0.2) is 0 Å². The molecule has 2 aromatic carbocycles. The highest BCUT2D eigenvalue weighted by Gasteiger charge is 2.40. The van der Waals surface area contributed by atoms with Crippen LogP contribution in [0.25, 0.3) is 5.57 Å². The molecule has 0 atom stereocenters. The Morgan fingerprint density at radius 3 is 2.44 bits per heavy atom. The molecule has 0 aromatic heterocycles. The first-order chi connectivity index (χ1) is 13.0. The average molecular weight is 408 g/mol. The number of anilines is 1. The van der Waals surface area contributed by atoms with Gasteiger partial charge in [0, 0.05) is 5.75 Å². The third-order valence-corrected chi connectivity index (χ3v) is 5.26. The van der Waals surface area contributed by atoms with Gasteiger partial charge in [-0.15, -0.1) is 11.8 Å². The number of nitrogens with zero attached hydrogens (tertiary/aromatic N) is 1. The van der Waals surface area contributed by atoms with Gasteiger partial charge in [0.1, 0.15) is 11.6 Å². The predicted molar refractivity (Wildman–Crippen MR) is 103 cm³/mol. The summed E-state index contributed by atoms with van der Waals surface area (Å²) in [6.45, 7) is -0.145. The van der Waals surface area contributed by atoms with Gasteiger partial charge in [-0.2, -0.15) is 0 Å². The first-order valence-electron chi connectivity index (χ1n) is 7.94. The maximum Gasteiger partial charge on any atom is 0.272 e. The minimum absolute atomic E-state index is 0.145. The van der Waals surface area contributed by atoms with Crippen molar-refractivity contribution in [2.75, 3.05) is 24.4 Å². The van der Waals surface area contributed by atoms with Gasteiger partial charge in [-0.05, 0) is 35.9 Å². The number of ether oxygens (including phenoxy) is 1. The zero-order valence-electron chi connectivity index (χ0n) is 14.2. The third kappa shape index (κ3) is 3.71. The number of benzene rings is 2. The van der Waals surface area contributed by atoms with E-state index in [-0.39, 0.29) is 33.5 Å². The number of imide groups is 1. The van der Waals surface area contributed by atoms with Crippen molar-refractivity contribution in [3.8, 4) is 5.75 Å². The zero-order valence-corrected chi connectivity index (χ0v) is 15.8. The van der Waals surface area contributed by atoms with Crippen LogP contribution in [0.3, 0.4) is 0 Å². The third-order valence-electron chi connectivity index (χ3n) is 3.92. The Bertz CT molecular complexity index is 930. The molecule has 5 nitrogen and oxygen atoms in total. The molecule has 1 aliphatic rings. The number of thioether (sulfide) groups is 1. The van der Waals surface area contributed by atoms with Gasteiger partial charge in [0.05, 0.1) is 34.9 Å². The second kappa shape index (κ2) is 8.12. The maximum absolute atomic E-state index is 13.5. The summed E-state index contributed by atoms with van der Waals surface area (Å²) >= 11 is 6.90. The molecule has 8 heteroatoms. The summed E-state index contributed by atoms with van der Waals surface area (Å²) in [6, 6.07) is 10.4. The van der Waals surface area contributed by atoms with Crippen LogP contribution in [0.4, 0.5) is 10.1 Å². The largest absolute Gasteiger partial charge is 0.497 e. The van der Waals surface area contributed by atoms with E-state index in [1.807, 2.05) is 0 Å². The molecule has 0 saturated carbocycles. The second-order valence-corrected chi connectivity index (χ2v) is 7.06. The number of hydrogen-bond donors (Lipinski definition) is 1. The fraction of sp³-hybridized carbons (Fsp3) is 0.158. The van der Waals surface area contributed by atoms with Crippen LogP contribution < -0.4 is 9.64 Å². The Kier molecular flexibility index (Phi) is 5.84. The Hall–Kier alpha value is -2.35. The molecule has 1 N–H and O–H groups in total. The number of carbonyl (C=O) groups excluding carboxylic acids is 2. The van der Waals surface area contributed by atoms with Crippen molar-refractivity contribution in [2.24, 2.45) is 0 Å². The van der Waals surface area contributed by atoms with Crippen molar-refractivity contribution in [2.45, 2.75) is 0 Å². The Morgan fingerprint density at radius 1 is 1.15 bits per heavy atom. The molecule has 140 valence electrons. The molecule has 0 saturated heterocycles. The molecule has 2 amide bonds. The number of halogens is 2. The lowest BCUT2D eigenvalue weighted by Gasteiger charge is -2.15. The summed E-state index contributed by atoms with van der Waals surface area (Å²) in [5.74, 6) is -0.840. The van der Waals surface area contributed by atoms with E-state index in [9.17, 15) is 14.0 Å². The molecule has 0 radical (unpaired) electrons. The number of methoxy groups -OCH3 is 1. The number of aliphatic hydroxyl groups is 1. The fourth-order valence-corrected chi connectivity index (χ4v) is 3.70. The minimum Gasteiger partial charge on any atom is -0.497 e. The van der Waals surface area contributed by atoms with Crippen molar-refractivity contribution < 1.29 is 23.8 Å². The number of carbonyl (C=O) groups is 2. The number of hydrogen-bond acceptors (Lipinski definition) is 5. The molecular weight excluding hydrogens is 393 g/mol. The van der Waals surface area contributed by atoms with E-state index in [2.05, 4.69) is 0 Å². The number of amides is 2. The number of aliphatic hydroxyl groups excluding tert-OH is 1. The van der Waals surface area contributed by atoms with Gasteiger partial charge in [0.2, 0.25) is 0 Å². The lowest BCUT2D eigenvalue weighted by molar-refractivity contribution is -0.119. The van der Waals surface area contributed by atoms with Crippen LogP contribution in [0.15, 0.2) is 47.4 Å². The molecule has 0 spiro atoms. The Balaban J connectivity index is 2.06. The van der Waals surface area contributed by atoms with E-state index in [1.165, 1.54) is 19.2 Å². The summed E-state index contributed by atoms with van der Waals surface area (Å²) in [6.07, 6.45) is 0. The van der Waals surface area contributed by atoms with Crippen LogP contribution in [0.1, 0.15) is 5.56 Å². The lowest BCUT2D eigenvalue weighted by atomic mass is 10.1. The second-order valence-electron chi connectivity index (χ2n) is 5.55. The van der Waals surface area contributed by atoms with E-state index in [4.69, 9.17) is 21.4 Å². The summed E-state index contributed by atoms with van der Waals surface area (Å²) < 4.78 is 18.6. The van der Waals surface area contributed by atoms with E-state index in [1.54, 1.807) is 24.3 Å². The van der Waals surface area contributed by atoms with Crippen molar-refractivity contribution in [1.29, 1.82) is 0 Å². The predicted octanol–water partition coefficient (Wildman–Crippen LogP) is 3.50. The van der Waals surface area contributed by atoms with Crippen LogP contribution >= 0.6 is 23.4 Å². The van der Waals surface area contributed by atoms with E-state index < -0.39 is 17.6 Å². The van der Waals surface area contributed by atoms with E-state index in [0.717, 1.165) is 22.7 Å². The monoisotopic (exact) mass is 407 g/mol. The van der Waals surface area contributed by atoms with Crippen LogP contribution in [0, 0.1) is 5.82 Å². The quantitative estimate of drug-likeness (QED) is 0.742. The molecule has 1 aliphatic heterocycles. The smallest absolute Gasteiger partial charge is 0.272 e. The topological polar surface area (TPSA) is 66.8 Å². The fourth-order valence-electron chi connectivity index (χ4n) is 2.66. The normalized spacial score (nSPS) is 14.3. The summed E-state index contributed by atoms with van der Waals surface area (Å²) in [4.78, 5) is 27.1. The van der Waals surface area contributed by atoms with Crippen LogP contribution in [-0.2, 0) is 9.59 Å². The molecule has 0 aliphatic carbocycles. The van der Waals surface area contributed by atoms with Crippen molar-refractivity contribution >= 4 is 46.4 Å². The van der Waals surface area contributed by atoms with Gasteiger partial charge in [0.25, 0.3) is 11.8 Å². The van der Waals surface area contributed by atoms with Gasteiger partial charge in [-0.25, -0.2) is 9.29 Å². The van der Waals surface area contributed by atoms with Gasteiger partial charge in [-0.1, -0.05) is 23.7 Å². The number of rotatable bonds is 6. The summed E-state index contributed by atoms with van der Waals surface area (Å²) in [5, 5.41) is 8.94. The van der Waals surface area contributed by atoms with Gasteiger partial charge < -0.3 is 9.84 Å². The molecule has 3 rings (SSSR count). The van der Waals surface area contributed by atoms with Crippen LogP contribution in [0.5, 0.6) is 5.75 Å². The van der Waals surface area contributed by atoms with E-state index in [0.29, 0.717) is 11.3 Å². The molecule has 1 heterocycles. The van der Waals surface area contributed by atoms with Crippen molar-refractivity contribution in [3.05, 3.63) is 63.8 Å². The van der Waals surface area contributed by atoms with Crippen LogP contribution in [0.2, 0.25) is 5.02 Å². The standard InChI is InChI=1S/C19H15ClFNO4S/c1-26-13-5-2-11(3-6-13)16-17(27-9-8-23)19(25)22(18(16)24)12-4-7-15(21)14(20)10-12/h2-7,10,23H,8-9H2,1H3. The SMILES string of the molecule is COc1ccc(C2=C(SCCO)C(=O)N(c3ccc(F)c(Cl)c3)C2=O)cc1. The molecule has 0 unspecified atom stereocenters. The highest BCUT2D eigenvalue weighted by atomic mass is 35.5. The molecule has 0 bridgehead atoms.